The van der Waals surface area contributed by atoms with E-state index in [1.165, 1.54) is 4.73 Å². The van der Waals surface area contributed by atoms with Gasteiger partial charge in [0.1, 0.15) is 23.8 Å². The van der Waals surface area contributed by atoms with Crippen molar-refractivity contribution >= 4 is 6.09 Å². The van der Waals surface area contributed by atoms with E-state index < -0.39 is 0 Å². The Balaban J connectivity index is 1.24. The van der Waals surface area contributed by atoms with Gasteiger partial charge in [0.05, 0.1) is 5.69 Å². The maximum atomic E-state index is 12.6. The number of likely N-dealkylation sites (tertiary alicyclic amines) is 1. The predicted octanol–water partition coefficient (Wildman–Crippen LogP) is 5.40. The Bertz CT molecular complexity index is 1460. The summed E-state index contributed by atoms with van der Waals surface area (Å²) in [5.74, 6) is 1.80. The molecule has 2 aliphatic rings. The molecule has 0 spiro atoms. The molecular weight excluding hydrogens is 484 g/mol. The molecule has 9 heteroatoms. The fourth-order valence-corrected chi connectivity index (χ4v) is 4.98. The van der Waals surface area contributed by atoms with E-state index in [4.69, 9.17) is 19.2 Å². The lowest BCUT2D eigenvalue weighted by Gasteiger charge is -2.30. The fourth-order valence-electron chi connectivity index (χ4n) is 4.98. The summed E-state index contributed by atoms with van der Waals surface area (Å²) in [6.45, 7) is 3.37. The maximum absolute atomic E-state index is 12.6. The van der Waals surface area contributed by atoms with Crippen molar-refractivity contribution in [2.75, 3.05) is 19.9 Å². The lowest BCUT2D eigenvalue weighted by molar-refractivity contribution is 0.0846. The number of rotatable bonds is 5. The van der Waals surface area contributed by atoms with Crippen molar-refractivity contribution in [3.63, 3.8) is 0 Å². The number of carbonyl (C=O) groups is 1. The summed E-state index contributed by atoms with van der Waals surface area (Å²) in [5, 5.41) is 11.4. The Morgan fingerprint density at radius 1 is 1.00 bits per heavy atom. The number of hydrogen-bond acceptors (Lipinski definition) is 7. The molecule has 1 saturated heterocycles. The third-order valence-electron chi connectivity index (χ3n) is 6.98. The first-order valence-electron chi connectivity index (χ1n) is 12.7. The highest BCUT2D eigenvalue weighted by Crippen LogP contribution is 2.40. The van der Waals surface area contributed by atoms with Crippen LogP contribution in [0.2, 0.25) is 0 Å². The minimum absolute atomic E-state index is 0.0375. The molecule has 4 heterocycles. The van der Waals surface area contributed by atoms with Crippen molar-refractivity contribution in [1.29, 1.82) is 0 Å². The molecule has 9 nitrogen and oxygen atoms in total. The second kappa shape index (κ2) is 10.1. The number of piperidine rings is 1. The lowest BCUT2D eigenvalue weighted by Crippen LogP contribution is -2.38. The van der Waals surface area contributed by atoms with E-state index in [9.17, 15) is 10.0 Å². The average Bonchev–Trinajstić information content (AvgIpc) is 3.56. The molecular formula is C29H28N4O5. The fraction of sp³-hybridized carbons (Fsp3) is 0.276. The minimum atomic E-state index is -0.328. The Morgan fingerprint density at radius 2 is 1.79 bits per heavy atom. The summed E-state index contributed by atoms with van der Waals surface area (Å²) >= 11 is 0. The molecule has 2 aromatic heterocycles. The number of hydrogen-bond donors (Lipinski definition) is 1. The van der Waals surface area contributed by atoms with Gasteiger partial charge in [-0.2, -0.15) is 4.73 Å². The number of fused-ring (bicyclic) bond motifs is 1. The van der Waals surface area contributed by atoms with Gasteiger partial charge in [0.2, 0.25) is 6.79 Å². The van der Waals surface area contributed by atoms with Crippen LogP contribution in [0.15, 0.2) is 66.7 Å². The van der Waals surface area contributed by atoms with Gasteiger partial charge in [-0.3, -0.25) is 4.98 Å². The third kappa shape index (κ3) is 4.63. The highest BCUT2D eigenvalue weighted by molar-refractivity contribution is 5.79. The molecule has 2 aliphatic heterocycles. The van der Waals surface area contributed by atoms with E-state index in [2.05, 4.69) is 4.98 Å². The number of carbonyl (C=O) groups excluding carboxylic acids is 1. The van der Waals surface area contributed by atoms with E-state index in [0.717, 1.165) is 16.8 Å². The zero-order chi connectivity index (χ0) is 26.1. The molecule has 2 aromatic carbocycles. The zero-order valence-corrected chi connectivity index (χ0v) is 21.0. The average molecular weight is 513 g/mol. The van der Waals surface area contributed by atoms with Gasteiger partial charge in [0, 0.05) is 30.3 Å². The monoisotopic (exact) mass is 512 g/mol. The summed E-state index contributed by atoms with van der Waals surface area (Å²) in [4.78, 5) is 23.9. The Labute approximate surface area is 220 Å². The molecule has 6 rings (SSSR count). The number of ether oxygens (including phenoxy) is 3. The minimum Gasteiger partial charge on any atom is -0.454 e. The number of aromatic nitrogens is 3. The van der Waals surface area contributed by atoms with Gasteiger partial charge in [-0.25, -0.2) is 9.78 Å². The van der Waals surface area contributed by atoms with Crippen LogP contribution in [0.1, 0.15) is 35.8 Å². The van der Waals surface area contributed by atoms with Crippen molar-refractivity contribution in [2.24, 2.45) is 0 Å². The van der Waals surface area contributed by atoms with Gasteiger partial charge >= 0.3 is 6.09 Å². The first-order valence-corrected chi connectivity index (χ1v) is 12.7. The molecule has 0 unspecified atom stereocenters. The molecule has 1 fully saturated rings. The van der Waals surface area contributed by atoms with Crippen molar-refractivity contribution in [3.05, 3.63) is 83.8 Å². The molecule has 0 radical (unpaired) electrons. The smallest absolute Gasteiger partial charge is 0.410 e. The van der Waals surface area contributed by atoms with Crippen molar-refractivity contribution in [2.45, 2.75) is 32.3 Å². The van der Waals surface area contributed by atoms with Crippen LogP contribution in [-0.4, -0.2) is 50.8 Å². The van der Waals surface area contributed by atoms with E-state index in [0.29, 0.717) is 60.3 Å². The summed E-state index contributed by atoms with van der Waals surface area (Å²) in [5.41, 5.74) is 4.36. The van der Waals surface area contributed by atoms with Gasteiger partial charge in [0.25, 0.3) is 0 Å². The molecule has 194 valence electrons. The number of amides is 1. The lowest BCUT2D eigenvalue weighted by atomic mass is 9.96. The molecule has 38 heavy (non-hydrogen) atoms. The van der Waals surface area contributed by atoms with Crippen LogP contribution in [0.3, 0.4) is 0 Å². The third-order valence-corrected chi connectivity index (χ3v) is 6.98. The molecule has 1 N–H and O–H groups in total. The number of nitrogens with zero attached hydrogens (tertiary/aromatic N) is 4. The second-order valence-corrected chi connectivity index (χ2v) is 9.51. The van der Waals surface area contributed by atoms with E-state index >= 15 is 0 Å². The van der Waals surface area contributed by atoms with Crippen molar-refractivity contribution < 1.29 is 24.2 Å². The van der Waals surface area contributed by atoms with E-state index in [-0.39, 0.29) is 25.4 Å². The van der Waals surface area contributed by atoms with Crippen LogP contribution in [-0.2, 0) is 11.3 Å². The van der Waals surface area contributed by atoms with Gasteiger partial charge < -0.3 is 24.3 Å². The summed E-state index contributed by atoms with van der Waals surface area (Å²) in [6, 6.07) is 20.9. The van der Waals surface area contributed by atoms with E-state index in [1.807, 2.05) is 73.7 Å². The molecule has 0 aliphatic carbocycles. The van der Waals surface area contributed by atoms with Gasteiger partial charge in [-0.1, -0.05) is 36.4 Å². The van der Waals surface area contributed by atoms with Crippen LogP contribution >= 0.6 is 0 Å². The first-order chi connectivity index (χ1) is 18.6. The predicted molar refractivity (Wildman–Crippen MR) is 139 cm³/mol. The summed E-state index contributed by atoms with van der Waals surface area (Å²) in [6.07, 6.45) is 0.976. The van der Waals surface area contributed by atoms with Crippen LogP contribution in [0.4, 0.5) is 4.79 Å². The van der Waals surface area contributed by atoms with Crippen LogP contribution in [0.25, 0.3) is 22.6 Å². The molecule has 0 saturated carbocycles. The van der Waals surface area contributed by atoms with Crippen LogP contribution in [0.5, 0.6) is 11.5 Å². The normalized spacial score (nSPS) is 15.0. The molecule has 0 bridgehead atoms. The van der Waals surface area contributed by atoms with Crippen LogP contribution in [0, 0.1) is 6.92 Å². The van der Waals surface area contributed by atoms with Gasteiger partial charge in [-0.05, 0) is 55.7 Å². The Morgan fingerprint density at radius 3 is 2.58 bits per heavy atom. The highest BCUT2D eigenvalue weighted by atomic mass is 16.7. The van der Waals surface area contributed by atoms with Gasteiger partial charge in [-0.15, -0.1) is 0 Å². The highest BCUT2D eigenvalue weighted by Gasteiger charge is 2.31. The molecule has 1 amide bonds. The SMILES string of the molecule is Cc1cccc(-c2nc(C3CCN(C(=O)OCc4ccccc4)CC3)n(O)c2-c2ccc3c(c2)OCO3)n1. The quantitative estimate of drug-likeness (QED) is 0.357. The Kier molecular flexibility index (Phi) is 6.33. The summed E-state index contributed by atoms with van der Waals surface area (Å²) in [7, 11) is 0. The van der Waals surface area contributed by atoms with Gasteiger partial charge in [0.15, 0.2) is 11.5 Å². The molecule has 0 atom stereocenters. The van der Waals surface area contributed by atoms with Crippen molar-refractivity contribution in [1.82, 2.24) is 19.6 Å². The maximum Gasteiger partial charge on any atom is 0.410 e. The molecule has 4 aromatic rings. The number of pyridine rings is 1. The van der Waals surface area contributed by atoms with Crippen LogP contribution < -0.4 is 9.47 Å². The summed E-state index contributed by atoms with van der Waals surface area (Å²) < 4.78 is 17.7. The second-order valence-electron chi connectivity index (χ2n) is 9.51. The zero-order valence-electron chi connectivity index (χ0n) is 21.0. The number of aryl methyl sites for hydroxylation is 1. The number of benzene rings is 2. The Hall–Kier alpha value is -4.53. The van der Waals surface area contributed by atoms with E-state index in [1.54, 1.807) is 4.90 Å². The topological polar surface area (TPSA) is 98.9 Å². The number of imidazole rings is 1. The largest absolute Gasteiger partial charge is 0.454 e. The standard InChI is InChI=1S/C29H28N4O5/c1-19-6-5-9-23(30-19)26-27(22-10-11-24-25(16-22)38-18-37-24)33(35)28(31-26)21-12-14-32(15-13-21)29(34)36-17-20-7-3-2-4-8-20/h2-11,16,21,35H,12-15,17-18H2,1H3. The first kappa shape index (κ1) is 23.8. The van der Waals surface area contributed by atoms with Crippen molar-refractivity contribution in [3.8, 4) is 34.1 Å².